The number of carbonyl (C=O) groups is 1. The van der Waals surface area contributed by atoms with Gasteiger partial charge in [0.1, 0.15) is 0 Å². The van der Waals surface area contributed by atoms with Crippen LogP contribution in [0.1, 0.15) is 38.8 Å². The van der Waals surface area contributed by atoms with Gasteiger partial charge in [-0.2, -0.15) is 0 Å². The average Bonchev–Trinajstić information content (AvgIpc) is 2.41. The van der Waals surface area contributed by atoms with Crippen LogP contribution in [0.5, 0.6) is 0 Å². The zero-order valence-corrected chi connectivity index (χ0v) is 13.1. The summed E-state index contributed by atoms with van der Waals surface area (Å²) in [6.07, 6.45) is 0. The van der Waals surface area contributed by atoms with E-state index in [1.54, 1.807) is 6.92 Å². The number of carbonyl (C=O) groups excluding carboxylic acids is 1. The molecule has 1 aromatic carbocycles. The molecule has 0 amide bonds. The lowest BCUT2D eigenvalue weighted by Crippen LogP contribution is -2.41. The molecular formula is C16H24O4. The van der Waals surface area contributed by atoms with Gasteiger partial charge >= 0.3 is 5.97 Å². The van der Waals surface area contributed by atoms with Crippen molar-refractivity contribution in [2.75, 3.05) is 20.8 Å². The molecule has 0 aliphatic heterocycles. The summed E-state index contributed by atoms with van der Waals surface area (Å²) in [5.74, 6) is -2.06. The highest BCUT2D eigenvalue weighted by Gasteiger charge is 2.43. The number of hydrogen-bond donors (Lipinski definition) is 0. The van der Waals surface area contributed by atoms with Gasteiger partial charge in [0, 0.05) is 19.8 Å². The Morgan fingerprint density at radius 2 is 1.45 bits per heavy atom. The van der Waals surface area contributed by atoms with Crippen molar-refractivity contribution in [1.29, 1.82) is 0 Å². The van der Waals surface area contributed by atoms with E-state index in [1.807, 2.05) is 24.3 Å². The molecule has 4 nitrogen and oxygen atoms in total. The van der Waals surface area contributed by atoms with Gasteiger partial charge in [0.2, 0.25) is 0 Å². The summed E-state index contributed by atoms with van der Waals surface area (Å²) in [6.45, 7) is 8.41. The summed E-state index contributed by atoms with van der Waals surface area (Å²) >= 11 is 0. The normalized spacial score (nSPS) is 12.3. The van der Waals surface area contributed by atoms with E-state index in [0.29, 0.717) is 5.56 Å². The molecule has 0 aliphatic rings. The monoisotopic (exact) mass is 280 g/mol. The minimum absolute atomic E-state index is 0.0469. The number of benzene rings is 1. The van der Waals surface area contributed by atoms with Crippen molar-refractivity contribution in [2.45, 2.75) is 38.9 Å². The van der Waals surface area contributed by atoms with E-state index >= 15 is 0 Å². The lowest BCUT2D eigenvalue weighted by Gasteiger charge is -2.29. The molecule has 0 saturated heterocycles. The second-order valence-electron chi connectivity index (χ2n) is 5.57. The van der Waals surface area contributed by atoms with Crippen molar-refractivity contribution in [3.63, 3.8) is 0 Å². The molecule has 0 saturated carbocycles. The Balaban J connectivity index is 3.19. The lowest BCUT2D eigenvalue weighted by molar-refractivity contribution is -0.235. The van der Waals surface area contributed by atoms with Crippen LogP contribution in [0.25, 0.3) is 0 Å². The van der Waals surface area contributed by atoms with Gasteiger partial charge in [-0.15, -0.1) is 0 Å². The summed E-state index contributed by atoms with van der Waals surface area (Å²) in [6, 6.07) is 7.62. The standard InChI is InChI=1S/C16H24O4/c1-7-20-14(17)16(18-5,19-6)13-10-8-12(9-11-13)15(2,3)4/h8-11H,7H2,1-6H3. The van der Waals surface area contributed by atoms with Gasteiger partial charge in [-0.25, -0.2) is 4.79 Å². The Hall–Kier alpha value is -1.39. The molecule has 0 heterocycles. The highest BCUT2D eigenvalue weighted by atomic mass is 16.7. The van der Waals surface area contributed by atoms with Gasteiger partial charge in [-0.1, -0.05) is 45.0 Å². The van der Waals surface area contributed by atoms with Crippen LogP contribution in [0.4, 0.5) is 0 Å². The highest BCUT2D eigenvalue weighted by molar-refractivity contribution is 5.79. The Labute approximate surface area is 121 Å². The second-order valence-corrected chi connectivity index (χ2v) is 5.57. The predicted molar refractivity (Wildman–Crippen MR) is 77.5 cm³/mol. The predicted octanol–water partition coefficient (Wildman–Crippen LogP) is 2.99. The molecule has 0 aliphatic carbocycles. The number of hydrogen-bond acceptors (Lipinski definition) is 4. The first-order chi connectivity index (χ1) is 9.31. The van der Waals surface area contributed by atoms with E-state index in [9.17, 15) is 4.79 Å². The van der Waals surface area contributed by atoms with Crippen LogP contribution in [-0.2, 0) is 30.2 Å². The van der Waals surface area contributed by atoms with Crippen LogP contribution in [0.3, 0.4) is 0 Å². The third-order valence-electron chi connectivity index (χ3n) is 3.25. The molecule has 0 fully saturated rings. The first kappa shape index (κ1) is 16.7. The Kier molecular flexibility index (Phi) is 5.31. The lowest BCUT2D eigenvalue weighted by atomic mass is 9.86. The van der Waals surface area contributed by atoms with Crippen LogP contribution >= 0.6 is 0 Å². The molecule has 0 unspecified atom stereocenters. The number of ether oxygens (including phenoxy) is 3. The summed E-state index contributed by atoms with van der Waals surface area (Å²) in [4.78, 5) is 12.1. The van der Waals surface area contributed by atoms with Crippen LogP contribution in [0, 0.1) is 0 Å². The van der Waals surface area contributed by atoms with Gasteiger partial charge in [-0.05, 0) is 17.9 Å². The first-order valence-corrected chi connectivity index (χ1v) is 6.70. The smallest absolute Gasteiger partial charge is 0.372 e. The van der Waals surface area contributed by atoms with Gasteiger partial charge in [0.05, 0.1) is 6.61 Å². The molecule has 1 rings (SSSR count). The van der Waals surface area contributed by atoms with Gasteiger partial charge in [0.15, 0.2) is 0 Å². The fourth-order valence-electron chi connectivity index (χ4n) is 2.02. The number of rotatable bonds is 5. The fraction of sp³-hybridized carbons (Fsp3) is 0.562. The average molecular weight is 280 g/mol. The molecule has 0 radical (unpaired) electrons. The summed E-state index contributed by atoms with van der Waals surface area (Å²) in [7, 11) is 2.86. The maximum absolute atomic E-state index is 12.1. The molecule has 4 heteroatoms. The second kappa shape index (κ2) is 6.37. The van der Waals surface area contributed by atoms with E-state index in [1.165, 1.54) is 19.8 Å². The van der Waals surface area contributed by atoms with Crippen molar-refractivity contribution in [1.82, 2.24) is 0 Å². The maximum atomic E-state index is 12.1. The van der Waals surface area contributed by atoms with Crippen LogP contribution < -0.4 is 0 Å². The van der Waals surface area contributed by atoms with Crippen molar-refractivity contribution in [3.05, 3.63) is 35.4 Å². The molecule has 1 aromatic rings. The number of esters is 1. The first-order valence-electron chi connectivity index (χ1n) is 6.70. The zero-order valence-electron chi connectivity index (χ0n) is 13.1. The van der Waals surface area contributed by atoms with Crippen LogP contribution in [0.15, 0.2) is 24.3 Å². The third-order valence-corrected chi connectivity index (χ3v) is 3.25. The van der Waals surface area contributed by atoms with Gasteiger partial charge < -0.3 is 14.2 Å². The highest BCUT2D eigenvalue weighted by Crippen LogP contribution is 2.30. The van der Waals surface area contributed by atoms with Crippen LogP contribution in [0.2, 0.25) is 0 Å². The zero-order chi connectivity index (χ0) is 15.4. The van der Waals surface area contributed by atoms with Crippen molar-refractivity contribution in [3.8, 4) is 0 Å². The third kappa shape index (κ3) is 3.19. The van der Waals surface area contributed by atoms with Crippen LogP contribution in [-0.4, -0.2) is 26.8 Å². The van der Waals surface area contributed by atoms with Gasteiger partial charge in [-0.3, -0.25) is 0 Å². The molecule has 0 N–H and O–H groups in total. The van der Waals surface area contributed by atoms with E-state index in [4.69, 9.17) is 14.2 Å². The molecule has 0 atom stereocenters. The fourth-order valence-corrected chi connectivity index (χ4v) is 2.02. The van der Waals surface area contributed by atoms with E-state index in [0.717, 1.165) is 0 Å². The SMILES string of the molecule is CCOC(=O)C(OC)(OC)c1ccc(C(C)(C)C)cc1. The topological polar surface area (TPSA) is 44.8 Å². The van der Waals surface area contributed by atoms with E-state index in [-0.39, 0.29) is 12.0 Å². The molecule has 112 valence electrons. The molecule has 0 spiro atoms. The van der Waals surface area contributed by atoms with Crippen molar-refractivity contribution < 1.29 is 19.0 Å². The molecule has 0 aromatic heterocycles. The Bertz CT molecular complexity index is 439. The maximum Gasteiger partial charge on any atom is 0.372 e. The van der Waals surface area contributed by atoms with Crippen molar-refractivity contribution in [2.24, 2.45) is 0 Å². The summed E-state index contributed by atoms with van der Waals surface area (Å²) in [5.41, 5.74) is 1.84. The molecule has 0 bridgehead atoms. The summed E-state index contributed by atoms with van der Waals surface area (Å²) < 4.78 is 15.7. The van der Waals surface area contributed by atoms with Crippen molar-refractivity contribution >= 4 is 5.97 Å². The Morgan fingerprint density at radius 3 is 1.80 bits per heavy atom. The largest absolute Gasteiger partial charge is 0.462 e. The molecule has 20 heavy (non-hydrogen) atoms. The number of methoxy groups -OCH3 is 2. The minimum atomic E-state index is -1.51. The van der Waals surface area contributed by atoms with E-state index in [2.05, 4.69) is 20.8 Å². The molecular weight excluding hydrogens is 256 g/mol. The van der Waals surface area contributed by atoms with E-state index < -0.39 is 11.8 Å². The van der Waals surface area contributed by atoms with Gasteiger partial charge in [0.25, 0.3) is 5.79 Å². The Morgan fingerprint density at radius 1 is 1.00 bits per heavy atom. The minimum Gasteiger partial charge on any atom is -0.462 e. The summed E-state index contributed by atoms with van der Waals surface area (Å²) in [5, 5.41) is 0. The quantitative estimate of drug-likeness (QED) is 0.614.